The molecule has 6 heteroatoms. The van der Waals surface area contributed by atoms with Gasteiger partial charge >= 0.3 is 11.9 Å². The molecule has 0 saturated carbocycles. The van der Waals surface area contributed by atoms with E-state index in [2.05, 4.69) is 19.2 Å². The molecule has 2 N–H and O–H groups in total. The van der Waals surface area contributed by atoms with E-state index in [1.807, 2.05) is 0 Å². The maximum Gasteiger partial charge on any atom is 0.322 e. The van der Waals surface area contributed by atoms with Crippen molar-refractivity contribution in [3.05, 3.63) is 0 Å². The molecule has 0 aromatic heterocycles. The van der Waals surface area contributed by atoms with Gasteiger partial charge in [0.1, 0.15) is 12.6 Å². The van der Waals surface area contributed by atoms with Gasteiger partial charge in [-0.25, -0.2) is 0 Å². The van der Waals surface area contributed by atoms with Crippen molar-refractivity contribution in [1.29, 1.82) is 0 Å². The van der Waals surface area contributed by atoms with Crippen molar-refractivity contribution in [2.24, 2.45) is 0 Å². The average molecular weight is 666 g/mol. The minimum absolute atomic E-state index is 0.0100. The lowest BCUT2D eigenvalue weighted by Crippen LogP contribution is -2.28. The number of carbonyl (C=O) groups is 3. The second-order valence-corrected chi connectivity index (χ2v) is 14.3. The van der Waals surface area contributed by atoms with Gasteiger partial charge in [0.25, 0.3) is 0 Å². The number of carboxylic acids is 1. The third-order valence-corrected chi connectivity index (χ3v) is 9.53. The van der Waals surface area contributed by atoms with Crippen LogP contribution >= 0.6 is 0 Å². The topological polar surface area (TPSA) is 92.7 Å². The zero-order valence-electron chi connectivity index (χ0n) is 31.4. The predicted octanol–water partition coefficient (Wildman–Crippen LogP) is 12.4. The molecule has 0 aliphatic heterocycles. The zero-order valence-corrected chi connectivity index (χ0v) is 31.4. The first-order valence-corrected chi connectivity index (χ1v) is 20.7. The third kappa shape index (κ3) is 37.1. The summed E-state index contributed by atoms with van der Waals surface area (Å²) in [4.78, 5) is 34.9. The second kappa shape index (κ2) is 37.2. The fourth-order valence-electron chi connectivity index (χ4n) is 6.46. The maximum atomic E-state index is 12.7. The lowest BCUT2D eigenvalue weighted by atomic mass is 10.0. The molecular weight excluding hydrogens is 586 g/mol. The van der Waals surface area contributed by atoms with Crippen LogP contribution in [0.25, 0.3) is 0 Å². The smallest absolute Gasteiger partial charge is 0.322 e. The normalized spacial score (nSPS) is 11.9. The highest BCUT2D eigenvalue weighted by Crippen LogP contribution is 2.19. The van der Waals surface area contributed by atoms with Crippen molar-refractivity contribution in [3.8, 4) is 0 Å². The Morgan fingerprint density at radius 2 is 0.787 bits per heavy atom. The highest BCUT2D eigenvalue weighted by molar-refractivity contribution is 5.80. The summed E-state index contributed by atoms with van der Waals surface area (Å²) in [6.45, 7) is 4.24. The van der Waals surface area contributed by atoms with Gasteiger partial charge in [-0.15, -0.1) is 0 Å². The number of nitrogens with one attached hydrogen (secondary N) is 1. The Morgan fingerprint density at radius 1 is 0.468 bits per heavy atom. The van der Waals surface area contributed by atoms with E-state index in [1.165, 1.54) is 141 Å². The van der Waals surface area contributed by atoms with Crippen LogP contribution in [0.5, 0.6) is 0 Å². The summed E-state index contributed by atoms with van der Waals surface area (Å²) in [6, 6.07) is 0. The minimum atomic E-state index is -1.01. The standard InChI is InChI=1S/C41H79NO5/c1-3-5-7-9-11-13-15-16-17-18-19-21-23-28-32-36-41(46)47-38(33-29-25-22-20-14-12-10-8-6-4-2)34-30-26-24-27-31-35-39(43)42-37-40(44)45/h38H,3-37H2,1-2H3,(H,42,43)(H,44,45). The number of hydrogen-bond donors (Lipinski definition) is 2. The molecule has 0 aromatic rings. The fourth-order valence-corrected chi connectivity index (χ4v) is 6.46. The minimum Gasteiger partial charge on any atom is -0.480 e. The lowest BCUT2D eigenvalue weighted by molar-refractivity contribution is -0.150. The number of hydrogen-bond acceptors (Lipinski definition) is 4. The fraction of sp³-hybridized carbons (Fsp3) is 0.927. The van der Waals surface area contributed by atoms with Crippen LogP contribution in [0.3, 0.4) is 0 Å². The van der Waals surface area contributed by atoms with Gasteiger partial charge in [-0.3, -0.25) is 14.4 Å². The Labute approximate surface area is 291 Å². The van der Waals surface area contributed by atoms with Gasteiger partial charge in [0.05, 0.1) is 0 Å². The first-order valence-electron chi connectivity index (χ1n) is 20.7. The van der Waals surface area contributed by atoms with Crippen molar-refractivity contribution in [1.82, 2.24) is 5.32 Å². The van der Waals surface area contributed by atoms with Crippen LogP contribution < -0.4 is 5.32 Å². The number of ether oxygens (including phenoxy) is 1. The van der Waals surface area contributed by atoms with Gasteiger partial charge in [-0.2, -0.15) is 0 Å². The van der Waals surface area contributed by atoms with Gasteiger partial charge in [0, 0.05) is 12.8 Å². The van der Waals surface area contributed by atoms with E-state index in [4.69, 9.17) is 9.84 Å². The van der Waals surface area contributed by atoms with E-state index in [1.54, 1.807) is 0 Å². The zero-order chi connectivity index (χ0) is 34.5. The first kappa shape index (κ1) is 45.4. The van der Waals surface area contributed by atoms with E-state index in [9.17, 15) is 14.4 Å². The van der Waals surface area contributed by atoms with Crippen molar-refractivity contribution >= 4 is 17.8 Å². The van der Waals surface area contributed by atoms with E-state index in [0.29, 0.717) is 12.8 Å². The maximum absolute atomic E-state index is 12.7. The molecule has 0 spiro atoms. The number of carboxylic acid groups (broad SMARTS) is 1. The number of unbranched alkanes of at least 4 members (excludes halogenated alkanes) is 27. The summed E-state index contributed by atoms with van der Waals surface area (Å²) in [7, 11) is 0. The number of rotatable bonds is 38. The summed E-state index contributed by atoms with van der Waals surface area (Å²) in [5, 5.41) is 11.1. The van der Waals surface area contributed by atoms with E-state index in [-0.39, 0.29) is 24.5 Å². The van der Waals surface area contributed by atoms with Gasteiger partial charge < -0.3 is 15.2 Å². The van der Waals surface area contributed by atoms with Crippen molar-refractivity contribution in [3.63, 3.8) is 0 Å². The first-order chi connectivity index (χ1) is 23.0. The largest absolute Gasteiger partial charge is 0.480 e. The highest BCUT2D eigenvalue weighted by Gasteiger charge is 2.14. The van der Waals surface area contributed by atoms with E-state index in [0.717, 1.165) is 64.2 Å². The molecule has 6 nitrogen and oxygen atoms in total. The molecule has 0 bridgehead atoms. The molecule has 0 aromatic carbocycles. The van der Waals surface area contributed by atoms with Gasteiger partial charge in [0.2, 0.25) is 5.91 Å². The Hall–Kier alpha value is -1.59. The van der Waals surface area contributed by atoms with Gasteiger partial charge in [-0.1, -0.05) is 181 Å². The van der Waals surface area contributed by atoms with Crippen LogP contribution in [-0.4, -0.2) is 35.6 Å². The monoisotopic (exact) mass is 666 g/mol. The molecule has 0 aliphatic rings. The third-order valence-electron chi connectivity index (χ3n) is 9.53. The van der Waals surface area contributed by atoms with Crippen molar-refractivity contribution < 1.29 is 24.2 Å². The quantitative estimate of drug-likeness (QED) is 0.0506. The number of esters is 1. The summed E-state index contributed by atoms with van der Waals surface area (Å²) < 4.78 is 6.02. The molecule has 278 valence electrons. The molecule has 0 radical (unpaired) electrons. The van der Waals surface area contributed by atoms with Crippen LogP contribution in [0.1, 0.15) is 232 Å². The van der Waals surface area contributed by atoms with Gasteiger partial charge in [-0.05, 0) is 38.5 Å². The lowest BCUT2D eigenvalue weighted by Gasteiger charge is -2.18. The molecule has 0 aliphatic carbocycles. The van der Waals surface area contributed by atoms with Crippen LogP contribution in [0.2, 0.25) is 0 Å². The molecule has 1 amide bonds. The summed E-state index contributed by atoms with van der Waals surface area (Å²) in [5.74, 6) is -1.21. The van der Waals surface area contributed by atoms with E-state index >= 15 is 0 Å². The molecular formula is C41H79NO5. The molecule has 0 fully saturated rings. The number of amides is 1. The van der Waals surface area contributed by atoms with Gasteiger partial charge in [0.15, 0.2) is 0 Å². The predicted molar refractivity (Wildman–Crippen MR) is 199 cm³/mol. The Bertz CT molecular complexity index is 697. The number of aliphatic carboxylic acids is 1. The Kier molecular flexibility index (Phi) is 36.0. The average Bonchev–Trinajstić information content (AvgIpc) is 3.05. The SMILES string of the molecule is CCCCCCCCCCCCCCCCCC(=O)OC(CCCCCCCCCCCC)CCCCCCCC(=O)NCC(=O)O. The molecule has 0 rings (SSSR count). The van der Waals surface area contributed by atoms with Crippen molar-refractivity contribution in [2.75, 3.05) is 6.54 Å². The molecule has 1 unspecified atom stereocenters. The van der Waals surface area contributed by atoms with Crippen LogP contribution in [0.4, 0.5) is 0 Å². The molecule has 1 atom stereocenters. The summed E-state index contributed by atoms with van der Waals surface area (Å²) in [5.41, 5.74) is 0. The Balaban J connectivity index is 4.08. The summed E-state index contributed by atoms with van der Waals surface area (Å²) in [6.07, 6.45) is 40.8. The van der Waals surface area contributed by atoms with Crippen LogP contribution in [0.15, 0.2) is 0 Å². The highest BCUT2D eigenvalue weighted by atomic mass is 16.5. The molecule has 0 saturated heterocycles. The Morgan fingerprint density at radius 3 is 1.15 bits per heavy atom. The van der Waals surface area contributed by atoms with Crippen LogP contribution in [-0.2, 0) is 19.1 Å². The summed E-state index contributed by atoms with van der Waals surface area (Å²) >= 11 is 0. The molecule has 47 heavy (non-hydrogen) atoms. The van der Waals surface area contributed by atoms with Crippen LogP contribution in [0, 0.1) is 0 Å². The van der Waals surface area contributed by atoms with Crippen molar-refractivity contribution in [2.45, 2.75) is 238 Å². The molecule has 0 heterocycles. The second-order valence-electron chi connectivity index (χ2n) is 14.3. The van der Waals surface area contributed by atoms with E-state index < -0.39 is 5.97 Å². The number of carbonyl (C=O) groups excluding carboxylic acids is 2.